The van der Waals surface area contributed by atoms with Gasteiger partial charge in [-0.2, -0.15) is 0 Å². The Hall–Kier alpha value is -1.94. The van der Waals surface area contributed by atoms with Gasteiger partial charge in [0, 0.05) is 23.6 Å². The molecule has 1 heterocycles. The minimum atomic E-state index is -0.659. The van der Waals surface area contributed by atoms with Gasteiger partial charge in [0.05, 0.1) is 12.6 Å². The first kappa shape index (κ1) is 12.1. The maximum absolute atomic E-state index is 13.8. The summed E-state index contributed by atoms with van der Waals surface area (Å²) in [7, 11) is 0. The van der Waals surface area contributed by atoms with Crippen LogP contribution in [0.5, 0.6) is 5.75 Å². The third-order valence-electron chi connectivity index (χ3n) is 3.38. The van der Waals surface area contributed by atoms with Crippen molar-refractivity contribution in [1.82, 2.24) is 0 Å². The van der Waals surface area contributed by atoms with E-state index in [0.717, 1.165) is 29.4 Å². The predicted molar refractivity (Wildman–Crippen MR) is 68.0 cm³/mol. The molecule has 0 amide bonds. The molecule has 1 aliphatic heterocycles. The highest BCUT2D eigenvalue weighted by Crippen LogP contribution is 2.35. The number of hydrogen-bond acceptors (Lipinski definition) is 2. The SMILES string of the molecule is NC(c1ccc(F)cc1F)c1cccc2c1OCC2. The van der Waals surface area contributed by atoms with Crippen molar-refractivity contribution in [3.63, 3.8) is 0 Å². The highest BCUT2D eigenvalue weighted by Gasteiger charge is 2.22. The fourth-order valence-electron chi connectivity index (χ4n) is 2.41. The van der Waals surface area contributed by atoms with Crippen LogP contribution in [0.15, 0.2) is 36.4 Å². The van der Waals surface area contributed by atoms with Crippen LogP contribution >= 0.6 is 0 Å². The molecule has 2 aromatic carbocycles. The fraction of sp³-hybridized carbons (Fsp3) is 0.200. The van der Waals surface area contributed by atoms with Gasteiger partial charge in [0.2, 0.25) is 0 Å². The normalized spacial score (nSPS) is 14.9. The van der Waals surface area contributed by atoms with Crippen LogP contribution in [0.2, 0.25) is 0 Å². The number of fused-ring (bicyclic) bond motifs is 1. The van der Waals surface area contributed by atoms with Gasteiger partial charge in [-0.1, -0.05) is 24.3 Å². The van der Waals surface area contributed by atoms with Gasteiger partial charge < -0.3 is 10.5 Å². The summed E-state index contributed by atoms with van der Waals surface area (Å²) < 4.78 is 32.3. The highest BCUT2D eigenvalue weighted by molar-refractivity contribution is 5.48. The molecule has 0 saturated carbocycles. The zero-order valence-electron chi connectivity index (χ0n) is 10.2. The highest BCUT2D eigenvalue weighted by atomic mass is 19.1. The van der Waals surface area contributed by atoms with Crippen molar-refractivity contribution in [2.45, 2.75) is 12.5 Å². The minimum absolute atomic E-state index is 0.269. The molecule has 1 atom stereocenters. The standard InChI is InChI=1S/C15H13F2NO/c16-10-4-5-11(13(17)8-10)14(18)12-3-1-2-9-6-7-19-15(9)12/h1-5,8,14H,6-7,18H2. The van der Waals surface area contributed by atoms with Crippen LogP contribution in [0.4, 0.5) is 8.78 Å². The van der Waals surface area contributed by atoms with E-state index in [2.05, 4.69) is 0 Å². The number of hydrogen-bond donors (Lipinski definition) is 1. The lowest BCUT2D eigenvalue weighted by Crippen LogP contribution is -2.14. The quantitative estimate of drug-likeness (QED) is 0.902. The van der Waals surface area contributed by atoms with Crippen LogP contribution in [-0.4, -0.2) is 6.61 Å². The van der Waals surface area contributed by atoms with Gasteiger partial charge in [0.1, 0.15) is 17.4 Å². The lowest BCUT2D eigenvalue weighted by molar-refractivity contribution is 0.352. The molecule has 2 N–H and O–H groups in total. The zero-order chi connectivity index (χ0) is 13.4. The third kappa shape index (κ3) is 2.08. The first-order valence-corrected chi connectivity index (χ1v) is 6.12. The molecule has 1 unspecified atom stereocenters. The van der Waals surface area contributed by atoms with E-state index in [1.54, 1.807) is 0 Å². The van der Waals surface area contributed by atoms with Gasteiger partial charge in [-0.3, -0.25) is 0 Å². The second kappa shape index (κ2) is 4.63. The molecule has 2 aromatic rings. The largest absolute Gasteiger partial charge is 0.493 e. The molecule has 0 radical (unpaired) electrons. The Bertz CT molecular complexity index is 628. The topological polar surface area (TPSA) is 35.2 Å². The van der Waals surface area contributed by atoms with Gasteiger partial charge in [-0.15, -0.1) is 0 Å². The molecule has 0 aliphatic carbocycles. The molecule has 19 heavy (non-hydrogen) atoms. The van der Waals surface area contributed by atoms with Crippen LogP contribution in [0.3, 0.4) is 0 Å². The monoisotopic (exact) mass is 261 g/mol. The molecule has 2 nitrogen and oxygen atoms in total. The van der Waals surface area contributed by atoms with Crippen molar-refractivity contribution in [2.75, 3.05) is 6.61 Å². The summed E-state index contributed by atoms with van der Waals surface area (Å²) in [6.45, 7) is 0.616. The molecule has 0 fully saturated rings. The predicted octanol–water partition coefficient (Wildman–Crippen LogP) is 2.95. The van der Waals surface area contributed by atoms with Crippen LogP contribution in [0, 0.1) is 11.6 Å². The van der Waals surface area contributed by atoms with Crippen molar-refractivity contribution >= 4 is 0 Å². The first-order chi connectivity index (χ1) is 9.16. The van der Waals surface area contributed by atoms with Gasteiger partial charge in [0.25, 0.3) is 0 Å². The van der Waals surface area contributed by atoms with Crippen molar-refractivity contribution < 1.29 is 13.5 Å². The van der Waals surface area contributed by atoms with E-state index in [4.69, 9.17) is 10.5 Å². The Kier molecular flexibility index (Phi) is 2.95. The summed E-state index contributed by atoms with van der Waals surface area (Å²) in [5, 5.41) is 0. The summed E-state index contributed by atoms with van der Waals surface area (Å²) in [5.41, 5.74) is 8.18. The molecule has 0 bridgehead atoms. The lowest BCUT2D eigenvalue weighted by Gasteiger charge is -2.16. The Morgan fingerprint density at radius 1 is 1.11 bits per heavy atom. The maximum Gasteiger partial charge on any atom is 0.131 e. The third-order valence-corrected chi connectivity index (χ3v) is 3.38. The number of ether oxygens (including phenoxy) is 1. The molecular weight excluding hydrogens is 248 g/mol. The zero-order valence-corrected chi connectivity index (χ0v) is 10.2. The van der Waals surface area contributed by atoms with E-state index in [1.165, 1.54) is 12.1 Å². The molecule has 98 valence electrons. The molecular formula is C15H13F2NO. The summed E-state index contributed by atoms with van der Waals surface area (Å²) in [5.74, 6) is -0.509. The average Bonchev–Trinajstić information content (AvgIpc) is 2.86. The van der Waals surface area contributed by atoms with E-state index in [9.17, 15) is 8.78 Å². The van der Waals surface area contributed by atoms with E-state index >= 15 is 0 Å². The van der Waals surface area contributed by atoms with Gasteiger partial charge in [-0.25, -0.2) is 8.78 Å². The molecule has 0 aromatic heterocycles. The fourth-order valence-corrected chi connectivity index (χ4v) is 2.41. The van der Waals surface area contributed by atoms with Crippen molar-refractivity contribution in [3.05, 3.63) is 64.7 Å². The van der Waals surface area contributed by atoms with E-state index in [-0.39, 0.29) is 5.56 Å². The van der Waals surface area contributed by atoms with Gasteiger partial charge in [-0.05, 0) is 11.6 Å². The maximum atomic E-state index is 13.8. The second-order valence-electron chi connectivity index (χ2n) is 4.58. The molecule has 4 heteroatoms. The number of nitrogens with two attached hydrogens (primary N) is 1. The van der Waals surface area contributed by atoms with Crippen LogP contribution in [-0.2, 0) is 6.42 Å². The summed E-state index contributed by atoms with van der Waals surface area (Å²) >= 11 is 0. The van der Waals surface area contributed by atoms with Crippen molar-refractivity contribution in [1.29, 1.82) is 0 Å². The Morgan fingerprint density at radius 2 is 1.95 bits per heavy atom. The molecule has 1 aliphatic rings. The Labute approximate surface area is 109 Å². The average molecular weight is 261 g/mol. The van der Waals surface area contributed by atoms with Crippen LogP contribution in [0.1, 0.15) is 22.7 Å². The first-order valence-electron chi connectivity index (χ1n) is 6.12. The molecule has 0 saturated heterocycles. The number of rotatable bonds is 2. The number of halogens is 2. The summed E-state index contributed by atoms with van der Waals surface area (Å²) in [6, 6.07) is 8.45. The smallest absolute Gasteiger partial charge is 0.131 e. The van der Waals surface area contributed by atoms with Crippen molar-refractivity contribution in [3.8, 4) is 5.75 Å². The summed E-state index contributed by atoms with van der Waals surface area (Å²) in [4.78, 5) is 0. The van der Waals surface area contributed by atoms with Gasteiger partial charge >= 0.3 is 0 Å². The van der Waals surface area contributed by atoms with E-state index in [1.807, 2.05) is 18.2 Å². The van der Waals surface area contributed by atoms with Crippen molar-refractivity contribution in [2.24, 2.45) is 5.73 Å². The lowest BCUT2D eigenvalue weighted by atomic mass is 9.96. The van der Waals surface area contributed by atoms with Crippen LogP contribution in [0.25, 0.3) is 0 Å². The van der Waals surface area contributed by atoms with Gasteiger partial charge in [0.15, 0.2) is 0 Å². The Balaban J connectivity index is 2.05. The van der Waals surface area contributed by atoms with Crippen LogP contribution < -0.4 is 10.5 Å². The minimum Gasteiger partial charge on any atom is -0.493 e. The number of benzene rings is 2. The molecule has 0 spiro atoms. The van der Waals surface area contributed by atoms with E-state index in [0.29, 0.717) is 6.61 Å². The van der Waals surface area contributed by atoms with E-state index < -0.39 is 17.7 Å². The second-order valence-corrected chi connectivity index (χ2v) is 4.58. The summed E-state index contributed by atoms with van der Waals surface area (Å²) in [6.07, 6.45) is 0.835. The Morgan fingerprint density at radius 3 is 2.74 bits per heavy atom. The molecule has 3 rings (SSSR count). The number of para-hydroxylation sites is 1.